The molecule has 1 aromatic carbocycles. The molecule has 0 spiro atoms. The van der Waals surface area contributed by atoms with Gasteiger partial charge in [0.15, 0.2) is 0 Å². The van der Waals surface area contributed by atoms with E-state index < -0.39 is 0 Å². The van der Waals surface area contributed by atoms with Gasteiger partial charge in [-0.05, 0) is 36.6 Å². The van der Waals surface area contributed by atoms with Gasteiger partial charge >= 0.3 is 0 Å². The van der Waals surface area contributed by atoms with Crippen LogP contribution in [0, 0.1) is 5.92 Å². The Morgan fingerprint density at radius 2 is 2.00 bits per heavy atom. The molecule has 0 saturated carbocycles. The molecule has 1 saturated heterocycles. The zero-order valence-corrected chi connectivity index (χ0v) is 8.79. The third-order valence-corrected chi connectivity index (χ3v) is 3.01. The largest absolute Gasteiger partial charge is 0.497 e. The first kappa shape index (κ1) is 9.53. The lowest BCUT2D eigenvalue weighted by Crippen LogP contribution is -2.16. The lowest BCUT2D eigenvalue weighted by Gasteiger charge is -2.16. The molecule has 0 aromatic heterocycles. The average molecular weight is 191 g/mol. The molecule has 0 aliphatic carbocycles. The topological polar surface area (TPSA) is 21.3 Å². The molecule has 1 fully saturated rings. The molecular formula is C12H17NO. The highest BCUT2D eigenvalue weighted by Crippen LogP contribution is 2.29. The van der Waals surface area contributed by atoms with Crippen molar-refractivity contribution in [1.82, 2.24) is 5.32 Å². The van der Waals surface area contributed by atoms with Gasteiger partial charge in [-0.15, -0.1) is 0 Å². The Morgan fingerprint density at radius 1 is 1.29 bits per heavy atom. The Labute approximate surface area is 85.3 Å². The van der Waals surface area contributed by atoms with Gasteiger partial charge in [-0.1, -0.05) is 19.1 Å². The molecule has 2 atom stereocenters. The molecule has 1 heterocycles. The van der Waals surface area contributed by atoms with Crippen molar-refractivity contribution in [1.29, 1.82) is 0 Å². The summed E-state index contributed by atoms with van der Waals surface area (Å²) in [5.41, 5.74) is 1.37. The zero-order chi connectivity index (χ0) is 9.97. The number of hydrogen-bond donors (Lipinski definition) is 1. The SMILES string of the molecule is COc1ccc([C@H]2NCC[C@@H]2C)cc1. The zero-order valence-electron chi connectivity index (χ0n) is 8.79. The Kier molecular flexibility index (Phi) is 2.73. The van der Waals surface area contributed by atoms with E-state index in [1.807, 2.05) is 12.1 Å². The lowest BCUT2D eigenvalue weighted by atomic mass is 9.96. The Hall–Kier alpha value is -1.02. The molecule has 1 N–H and O–H groups in total. The van der Waals surface area contributed by atoms with Crippen molar-refractivity contribution in [2.24, 2.45) is 5.92 Å². The highest BCUT2D eigenvalue weighted by Gasteiger charge is 2.23. The minimum Gasteiger partial charge on any atom is -0.497 e. The fourth-order valence-electron chi connectivity index (χ4n) is 2.09. The van der Waals surface area contributed by atoms with Crippen LogP contribution in [0.2, 0.25) is 0 Å². The molecule has 0 bridgehead atoms. The van der Waals surface area contributed by atoms with Crippen LogP contribution in [0.3, 0.4) is 0 Å². The van der Waals surface area contributed by atoms with Gasteiger partial charge < -0.3 is 10.1 Å². The first-order chi connectivity index (χ1) is 6.81. The van der Waals surface area contributed by atoms with Crippen LogP contribution in [-0.4, -0.2) is 13.7 Å². The van der Waals surface area contributed by atoms with Crippen molar-refractivity contribution in [2.75, 3.05) is 13.7 Å². The Morgan fingerprint density at radius 3 is 2.50 bits per heavy atom. The predicted molar refractivity (Wildman–Crippen MR) is 57.5 cm³/mol. The molecule has 76 valence electrons. The van der Waals surface area contributed by atoms with E-state index in [0.29, 0.717) is 6.04 Å². The fraction of sp³-hybridized carbons (Fsp3) is 0.500. The fourth-order valence-corrected chi connectivity index (χ4v) is 2.09. The summed E-state index contributed by atoms with van der Waals surface area (Å²) in [6.07, 6.45) is 1.27. The van der Waals surface area contributed by atoms with Gasteiger partial charge in [-0.2, -0.15) is 0 Å². The van der Waals surface area contributed by atoms with Gasteiger partial charge in [-0.25, -0.2) is 0 Å². The summed E-state index contributed by atoms with van der Waals surface area (Å²) in [5, 5.41) is 3.52. The second-order valence-electron chi connectivity index (χ2n) is 3.97. The number of methoxy groups -OCH3 is 1. The molecule has 0 amide bonds. The van der Waals surface area contributed by atoms with Gasteiger partial charge in [0, 0.05) is 6.04 Å². The monoisotopic (exact) mass is 191 g/mol. The van der Waals surface area contributed by atoms with Crippen molar-refractivity contribution in [2.45, 2.75) is 19.4 Å². The third-order valence-electron chi connectivity index (χ3n) is 3.01. The molecule has 0 unspecified atom stereocenters. The van der Waals surface area contributed by atoms with Crippen molar-refractivity contribution >= 4 is 0 Å². The highest BCUT2D eigenvalue weighted by molar-refractivity contribution is 5.29. The summed E-state index contributed by atoms with van der Waals surface area (Å²) >= 11 is 0. The van der Waals surface area contributed by atoms with Crippen LogP contribution in [0.1, 0.15) is 24.9 Å². The van der Waals surface area contributed by atoms with Crippen LogP contribution < -0.4 is 10.1 Å². The summed E-state index contributed by atoms with van der Waals surface area (Å²) in [5.74, 6) is 1.67. The third kappa shape index (κ3) is 1.75. The van der Waals surface area contributed by atoms with Crippen molar-refractivity contribution in [3.05, 3.63) is 29.8 Å². The average Bonchev–Trinajstić information content (AvgIpc) is 2.65. The van der Waals surface area contributed by atoms with Crippen molar-refractivity contribution in [3.63, 3.8) is 0 Å². The molecule has 2 rings (SSSR count). The van der Waals surface area contributed by atoms with Crippen molar-refractivity contribution in [3.8, 4) is 5.75 Å². The molecule has 0 radical (unpaired) electrons. The van der Waals surface area contributed by atoms with Crippen LogP contribution in [0.15, 0.2) is 24.3 Å². The predicted octanol–water partition coefficient (Wildman–Crippen LogP) is 2.37. The smallest absolute Gasteiger partial charge is 0.118 e. The number of ether oxygens (including phenoxy) is 1. The van der Waals surface area contributed by atoms with E-state index in [4.69, 9.17) is 4.74 Å². The summed E-state index contributed by atoms with van der Waals surface area (Å²) < 4.78 is 5.14. The van der Waals surface area contributed by atoms with E-state index in [9.17, 15) is 0 Å². The number of nitrogens with one attached hydrogen (secondary N) is 1. The first-order valence-corrected chi connectivity index (χ1v) is 5.18. The maximum atomic E-state index is 5.14. The summed E-state index contributed by atoms with van der Waals surface area (Å²) in [7, 11) is 1.70. The van der Waals surface area contributed by atoms with E-state index in [0.717, 1.165) is 18.2 Å². The molecule has 1 aromatic rings. The number of rotatable bonds is 2. The molecule has 2 heteroatoms. The van der Waals surface area contributed by atoms with E-state index in [-0.39, 0.29) is 0 Å². The molecule has 14 heavy (non-hydrogen) atoms. The van der Waals surface area contributed by atoms with Gasteiger partial charge in [0.05, 0.1) is 7.11 Å². The van der Waals surface area contributed by atoms with Crippen LogP contribution in [0.4, 0.5) is 0 Å². The number of benzene rings is 1. The first-order valence-electron chi connectivity index (χ1n) is 5.18. The van der Waals surface area contributed by atoms with E-state index in [1.165, 1.54) is 12.0 Å². The van der Waals surface area contributed by atoms with Gasteiger partial charge in [0.2, 0.25) is 0 Å². The molecule has 1 aliphatic heterocycles. The maximum Gasteiger partial charge on any atom is 0.118 e. The quantitative estimate of drug-likeness (QED) is 0.775. The molecule has 1 aliphatic rings. The van der Waals surface area contributed by atoms with Crippen molar-refractivity contribution < 1.29 is 4.74 Å². The van der Waals surface area contributed by atoms with Crippen LogP contribution in [-0.2, 0) is 0 Å². The lowest BCUT2D eigenvalue weighted by molar-refractivity contribution is 0.414. The maximum absolute atomic E-state index is 5.14. The minimum absolute atomic E-state index is 0.529. The summed E-state index contributed by atoms with van der Waals surface area (Å²) in [6, 6.07) is 8.89. The van der Waals surface area contributed by atoms with E-state index >= 15 is 0 Å². The van der Waals surface area contributed by atoms with Gasteiger partial charge in [0.25, 0.3) is 0 Å². The Balaban J connectivity index is 2.16. The second-order valence-corrected chi connectivity index (χ2v) is 3.97. The number of hydrogen-bond acceptors (Lipinski definition) is 2. The molecular weight excluding hydrogens is 174 g/mol. The standard InChI is InChI=1S/C12H17NO/c1-9-7-8-13-12(9)10-3-5-11(14-2)6-4-10/h3-6,9,12-13H,7-8H2,1-2H3/t9-,12-/m0/s1. The van der Waals surface area contributed by atoms with Crippen LogP contribution >= 0.6 is 0 Å². The van der Waals surface area contributed by atoms with Crippen LogP contribution in [0.5, 0.6) is 5.75 Å². The van der Waals surface area contributed by atoms with Gasteiger partial charge in [0.1, 0.15) is 5.75 Å². The molecule has 2 nitrogen and oxygen atoms in total. The Bertz CT molecular complexity index is 294. The summed E-state index contributed by atoms with van der Waals surface area (Å²) in [4.78, 5) is 0. The van der Waals surface area contributed by atoms with Crippen LogP contribution in [0.25, 0.3) is 0 Å². The van der Waals surface area contributed by atoms with E-state index in [2.05, 4.69) is 24.4 Å². The van der Waals surface area contributed by atoms with Gasteiger partial charge in [-0.3, -0.25) is 0 Å². The normalized spacial score (nSPS) is 26.4. The van der Waals surface area contributed by atoms with E-state index in [1.54, 1.807) is 7.11 Å². The minimum atomic E-state index is 0.529. The summed E-state index contributed by atoms with van der Waals surface area (Å²) in [6.45, 7) is 3.44. The second kappa shape index (κ2) is 4.01. The highest BCUT2D eigenvalue weighted by atomic mass is 16.5.